The Hall–Kier alpha value is -1.78. The average Bonchev–Trinajstić information content (AvgIpc) is 2.67. The molecular formula is C11H17N5. The Kier molecular flexibility index (Phi) is 2.94. The van der Waals surface area contributed by atoms with Crippen molar-refractivity contribution in [3.8, 4) is 0 Å². The van der Waals surface area contributed by atoms with Crippen molar-refractivity contribution < 1.29 is 0 Å². The molecule has 0 aromatic carbocycles. The summed E-state index contributed by atoms with van der Waals surface area (Å²) in [6.07, 6.45) is 6.50. The molecule has 2 rings (SSSR count). The molecule has 0 aliphatic carbocycles. The Morgan fingerprint density at radius 1 is 1.50 bits per heavy atom. The van der Waals surface area contributed by atoms with E-state index in [4.69, 9.17) is 5.73 Å². The van der Waals surface area contributed by atoms with Gasteiger partial charge in [-0.1, -0.05) is 6.08 Å². The summed E-state index contributed by atoms with van der Waals surface area (Å²) in [5, 5.41) is 4.82. The molecule has 0 saturated heterocycles. The van der Waals surface area contributed by atoms with Gasteiger partial charge >= 0.3 is 0 Å². The molecule has 0 radical (unpaired) electrons. The van der Waals surface area contributed by atoms with Gasteiger partial charge < -0.3 is 15.6 Å². The highest BCUT2D eigenvalue weighted by Crippen LogP contribution is 1.96. The van der Waals surface area contributed by atoms with E-state index in [0.717, 1.165) is 23.7 Å². The van der Waals surface area contributed by atoms with Crippen LogP contribution in [0.15, 0.2) is 11.3 Å². The van der Waals surface area contributed by atoms with Gasteiger partial charge in [-0.25, -0.2) is 4.98 Å². The Morgan fingerprint density at radius 3 is 3.06 bits per heavy atom. The number of fused-ring (bicyclic) bond motifs is 1. The number of nitrogens with two attached hydrogens (primary N) is 1. The first-order valence-electron chi connectivity index (χ1n) is 5.48. The number of hydrogen-bond acceptors (Lipinski definition) is 4. The second-order valence-electron chi connectivity index (χ2n) is 4.07. The maximum Gasteiger partial charge on any atom is 0.130 e. The van der Waals surface area contributed by atoms with E-state index in [-0.39, 0.29) is 0 Å². The zero-order chi connectivity index (χ0) is 11.5. The first kappa shape index (κ1) is 10.7. The van der Waals surface area contributed by atoms with Gasteiger partial charge in [0, 0.05) is 12.6 Å². The minimum absolute atomic E-state index is 0.377. The van der Waals surface area contributed by atoms with Crippen molar-refractivity contribution in [1.82, 2.24) is 14.9 Å². The van der Waals surface area contributed by atoms with Gasteiger partial charge in [-0.15, -0.1) is 0 Å². The molecular weight excluding hydrogens is 202 g/mol. The Labute approximate surface area is 94.4 Å². The van der Waals surface area contributed by atoms with Gasteiger partial charge in [-0.05, 0) is 20.3 Å². The van der Waals surface area contributed by atoms with Gasteiger partial charge in [-0.2, -0.15) is 0 Å². The summed E-state index contributed by atoms with van der Waals surface area (Å²) in [5.41, 5.74) is 5.92. The molecule has 1 aliphatic heterocycles. The molecule has 0 amide bonds. The van der Waals surface area contributed by atoms with Crippen LogP contribution in [-0.4, -0.2) is 22.4 Å². The van der Waals surface area contributed by atoms with Crippen LogP contribution in [0, 0.1) is 0 Å². The summed E-state index contributed by atoms with van der Waals surface area (Å²) < 4.78 is 2.12. The number of nitrogens with one attached hydrogen (secondary N) is 1. The van der Waals surface area contributed by atoms with Gasteiger partial charge in [0.25, 0.3) is 0 Å². The van der Waals surface area contributed by atoms with Gasteiger partial charge in [0.05, 0.1) is 18.0 Å². The summed E-state index contributed by atoms with van der Waals surface area (Å²) in [7, 11) is 0. The fraction of sp³-hybridized carbons (Fsp3) is 0.455. The van der Waals surface area contributed by atoms with E-state index in [1.807, 2.05) is 6.33 Å². The quantitative estimate of drug-likeness (QED) is 0.655. The van der Waals surface area contributed by atoms with Crippen LogP contribution in [0.5, 0.6) is 0 Å². The van der Waals surface area contributed by atoms with Crippen molar-refractivity contribution in [3.63, 3.8) is 0 Å². The Morgan fingerprint density at radius 2 is 2.31 bits per heavy atom. The lowest BCUT2D eigenvalue weighted by molar-refractivity contribution is 0.584. The second-order valence-corrected chi connectivity index (χ2v) is 4.07. The zero-order valence-electron chi connectivity index (χ0n) is 9.64. The highest BCUT2D eigenvalue weighted by atomic mass is 15.1. The van der Waals surface area contributed by atoms with Crippen molar-refractivity contribution in [2.45, 2.75) is 26.3 Å². The third kappa shape index (κ3) is 1.93. The Balaban J connectivity index is 2.66. The van der Waals surface area contributed by atoms with Crippen molar-refractivity contribution in [2.75, 3.05) is 6.54 Å². The molecule has 86 valence electrons. The topological polar surface area (TPSA) is 68.2 Å². The first-order chi connectivity index (χ1) is 7.70. The predicted octanol–water partition coefficient (Wildman–Crippen LogP) is -0.709. The van der Waals surface area contributed by atoms with E-state index in [1.165, 1.54) is 0 Å². The maximum absolute atomic E-state index is 5.92. The molecule has 1 aliphatic rings. The monoisotopic (exact) mass is 219 g/mol. The SMILES string of the molecule is CC(C)n1cnc2/c1=C\CCN=CN\C=2N. The fourth-order valence-electron chi connectivity index (χ4n) is 1.72. The van der Waals surface area contributed by atoms with Gasteiger partial charge in [0.2, 0.25) is 0 Å². The number of hydrogen-bond donors (Lipinski definition) is 2. The van der Waals surface area contributed by atoms with Crippen LogP contribution in [0.4, 0.5) is 0 Å². The van der Waals surface area contributed by atoms with Crippen molar-refractivity contribution in [2.24, 2.45) is 10.7 Å². The second kappa shape index (κ2) is 4.38. The molecule has 0 fully saturated rings. The lowest BCUT2D eigenvalue weighted by Gasteiger charge is -2.06. The highest BCUT2D eigenvalue weighted by molar-refractivity contribution is 5.65. The highest BCUT2D eigenvalue weighted by Gasteiger charge is 2.04. The molecule has 3 N–H and O–H groups in total. The zero-order valence-corrected chi connectivity index (χ0v) is 9.64. The predicted molar refractivity (Wildman–Crippen MR) is 65.0 cm³/mol. The van der Waals surface area contributed by atoms with Crippen LogP contribution in [-0.2, 0) is 0 Å². The number of aromatic nitrogens is 2. The van der Waals surface area contributed by atoms with Gasteiger partial charge in [0.15, 0.2) is 0 Å². The van der Waals surface area contributed by atoms with E-state index in [1.54, 1.807) is 6.34 Å². The van der Waals surface area contributed by atoms with Crippen LogP contribution < -0.4 is 21.7 Å². The van der Waals surface area contributed by atoms with E-state index < -0.39 is 0 Å². The van der Waals surface area contributed by atoms with Crippen LogP contribution in [0.2, 0.25) is 0 Å². The fourth-order valence-corrected chi connectivity index (χ4v) is 1.72. The number of rotatable bonds is 1. The third-order valence-corrected chi connectivity index (χ3v) is 2.55. The van der Waals surface area contributed by atoms with E-state index in [0.29, 0.717) is 11.9 Å². The summed E-state index contributed by atoms with van der Waals surface area (Å²) in [6, 6.07) is 0.377. The van der Waals surface area contributed by atoms with Crippen molar-refractivity contribution in [3.05, 3.63) is 17.0 Å². The van der Waals surface area contributed by atoms with E-state index in [9.17, 15) is 0 Å². The first-order valence-corrected chi connectivity index (χ1v) is 5.48. The Bertz CT molecular complexity index is 509. The number of nitrogens with zero attached hydrogens (tertiary/aromatic N) is 3. The molecule has 0 atom stereocenters. The normalized spacial score (nSPS) is 21.3. The van der Waals surface area contributed by atoms with Crippen LogP contribution in [0.3, 0.4) is 0 Å². The third-order valence-electron chi connectivity index (χ3n) is 2.55. The molecule has 16 heavy (non-hydrogen) atoms. The van der Waals surface area contributed by atoms with Crippen LogP contribution >= 0.6 is 0 Å². The number of aliphatic imine (C=N–C) groups is 1. The minimum Gasteiger partial charge on any atom is -0.383 e. The summed E-state index contributed by atoms with van der Waals surface area (Å²) in [4.78, 5) is 8.52. The van der Waals surface area contributed by atoms with Crippen LogP contribution in [0.1, 0.15) is 26.3 Å². The summed E-state index contributed by atoms with van der Waals surface area (Å²) in [5.74, 6) is 0.552. The van der Waals surface area contributed by atoms with Gasteiger partial charge in [-0.3, -0.25) is 4.99 Å². The van der Waals surface area contributed by atoms with Crippen LogP contribution in [0.25, 0.3) is 11.9 Å². The lowest BCUT2D eigenvalue weighted by Crippen LogP contribution is -2.38. The van der Waals surface area contributed by atoms with E-state index in [2.05, 4.69) is 39.8 Å². The lowest BCUT2D eigenvalue weighted by atomic mass is 10.3. The molecule has 5 nitrogen and oxygen atoms in total. The average molecular weight is 219 g/mol. The van der Waals surface area contributed by atoms with Crippen molar-refractivity contribution >= 4 is 18.2 Å². The largest absolute Gasteiger partial charge is 0.383 e. The molecule has 0 unspecified atom stereocenters. The standard InChI is InChI=1S/C11H17N5/c1-8(2)16-7-15-10-9(16)4-3-5-13-6-14-11(10)12/h4,6-8H,3,5,12H2,1-2H3,(H,13,14)/b9-4+,11-10+. The smallest absolute Gasteiger partial charge is 0.130 e. The molecule has 2 heterocycles. The molecule has 0 spiro atoms. The van der Waals surface area contributed by atoms with Gasteiger partial charge in [0.1, 0.15) is 11.2 Å². The minimum atomic E-state index is 0.377. The molecule has 0 bridgehead atoms. The van der Waals surface area contributed by atoms with Crippen molar-refractivity contribution in [1.29, 1.82) is 0 Å². The number of imidazole rings is 1. The molecule has 1 aromatic rings. The molecule has 5 heteroatoms. The summed E-state index contributed by atoms with van der Waals surface area (Å²) in [6.45, 7) is 5.02. The maximum atomic E-state index is 5.92. The molecule has 1 aromatic heterocycles. The van der Waals surface area contributed by atoms with E-state index >= 15 is 0 Å². The summed E-state index contributed by atoms with van der Waals surface area (Å²) >= 11 is 0. The molecule has 0 saturated carbocycles.